The van der Waals surface area contributed by atoms with Crippen LogP contribution in [0.5, 0.6) is 5.75 Å². The first kappa shape index (κ1) is 13.8. The Morgan fingerprint density at radius 2 is 1.95 bits per heavy atom. The third kappa shape index (κ3) is 2.31. The Kier molecular flexibility index (Phi) is 3.27. The molecule has 2 rings (SSSR count). The molecule has 0 N–H and O–H groups in total. The fraction of sp³-hybridized carbons (Fsp3) is 0.562. The second-order valence-electron chi connectivity index (χ2n) is 6.32. The lowest BCUT2D eigenvalue weighted by Gasteiger charge is -2.26. The Labute approximate surface area is 114 Å². The maximum absolute atomic E-state index is 10.7. The average molecular weight is 259 g/mol. The van der Waals surface area contributed by atoms with Gasteiger partial charge in [-0.1, -0.05) is 32.9 Å². The molecule has 0 heterocycles. The van der Waals surface area contributed by atoms with Gasteiger partial charge >= 0.3 is 0 Å². The molecule has 0 saturated heterocycles. The van der Waals surface area contributed by atoms with Gasteiger partial charge in [-0.2, -0.15) is 4.99 Å². The van der Waals surface area contributed by atoms with Gasteiger partial charge in [-0.05, 0) is 36.3 Å². The van der Waals surface area contributed by atoms with Gasteiger partial charge in [-0.3, -0.25) is 0 Å². The van der Waals surface area contributed by atoms with E-state index in [4.69, 9.17) is 4.74 Å². The summed E-state index contributed by atoms with van der Waals surface area (Å²) in [5, 5.41) is 0. The van der Waals surface area contributed by atoms with E-state index in [0.29, 0.717) is 0 Å². The van der Waals surface area contributed by atoms with Crippen LogP contribution in [0.4, 0.5) is 0 Å². The van der Waals surface area contributed by atoms with Crippen LogP contribution >= 0.6 is 0 Å². The lowest BCUT2D eigenvalue weighted by molar-refractivity contribution is 0.387. The number of carbonyl (C=O) groups excluding carboxylic acids is 1. The highest BCUT2D eigenvalue weighted by atomic mass is 16.5. The average Bonchev–Trinajstić information content (AvgIpc) is 3.07. The van der Waals surface area contributed by atoms with E-state index in [0.717, 1.165) is 35.3 Å². The Morgan fingerprint density at radius 1 is 1.32 bits per heavy atom. The van der Waals surface area contributed by atoms with Crippen LogP contribution in [0.15, 0.2) is 17.1 Å². The minimum Gasteiger partial charge on any atom is -0.496 e. The summed E-state index contributed by atoms with van der Waals surface area (Å²) in [5.41, 5.74) is 2.95. The quantitative estimate of drug-likeness (QED) is 0.614. The van der Waals surface area contributed by atoms with Gasteiger partial charge in [0.15, 0.2) is 0 Å². The molecule has 0 unspecified atom stereocenters. The van der Waals surface area contributed by atoms with Crippen molar-refractivity contribution < 1.29 is 9.53 Å². The van der Waals surface area contributed by atoms with Crippen molar-refractivity contribution in [3.63, 3.8) is 0 Å². The maximum atomic E-state index is 10.7. The first-order chi connectivity index (χ1) is 8.85. The molecule has 3 heteroatoms. The molecule has 102 valence electrons. The molecule has 0 spiro atoms. The van der Waals surface area contributed by atoms with Crippen LogP contribution < -0.4 is 4.74 Å². The topological polar surface area (TPSA) is 38.7 Å². The Bertz CT molecular complexity index is 545. The van der Waals surface area contributed by atoms with E-state index in [1.54, 1.807) is 13.2 Å². The number of aliphatic imine (C=N–C) groups is 1. The fourth-order valence-corrected chi connectivity index (χ4v) is 2.69. The monoisotopic (exact) mass is 259 g/mol. The molecule has 0 amide bonds. The van der Waals surface area contributed by atoms with Crippen molar-refractivity contribution >= 4 is 6.08 Å². The minimum absolute atomic E-state index is 0.00519. The van der Waals surface area contributed by atoms with Crippen LogP contribution in [0.25, 0.3) is 0 Å². The van der Waals surface area contributed by atoms with Crippen molar-refractivity contribution in [2.24, 2.45) is 4.99 Å². The number of hydrogen-bond donors (Lipinski definition) is 0. The number of rotatable bonds is 3. The van der Waals surface area contributed by atoms with Crippen LogP contribution in [0.2, 0.25) is 0 Å². The number of aryl methyl sites for hydroxylation is 1. The van der Waals surface area contributed by atoms with Crippen LogP contribution in [-0.2, 0) is 15.7 Å². The first-order valence-electron chi connectivity index (χ1n) is 6.63. The lowest BCUT2D eigenvalue weighted by Crippen LogP contribution is -2.17. The summed E-state index contributed by atoms with van der Waals surface area (Å²) in [6.07, 6.45) is 3.52. The highest BCUT2D eigenvalue weighted by Crippen LogP contribution is 2.55. The molecule has 3 nitrogen and oxygen atoms in total. The van der Waals surface area contributed by atoms with Crippen molar-refractivity contribution in [1.82, 2.24) is 0 Å². The maximum Gasteiger partial charge on any atom is 0.235 e. The van der Waals surface area contributed by atoms with Crippen molar-refractivity contribution in [1.29, 1.82) is 0 Å². The number of ether oxygens (including phenoxy) is 1. The molecule has 0 bridgehead atoms. The predicted molar refractivity (Wildman–Crippen MR) is 75.5 cm³/mol. The van der Waals surface area contributed by atoms with Crippen LogP contribution in [0, 0.1) is 6.92 Å². The Balaban J connectivity index is 2.70. The molecule has 1 aliphatic carbocycles. The van der Waals surface area contributed by atoms with Crippen LogP contribution in [-0.4, -0.2) is 13.2 Å². The number of isocyanates is 1. The second-order valence-corrected chi connectivity index (χ2v) is 6.32. The third-order valence-electron chi connectivity index (χ3n) is 3.83. The SMILES string of the molecule is COc1c(C(C)(C)C)ccc(C)c1C1(N=C=O)CC1. The van der Waals surface area contributed by atoms with Crippen LogP contribution in [0.3, 0.4) is 0 Å². The summed E-state index contributed by atoms with van der Waals surface area (Å²) in [6, 6.07) is 4.21. The van der Waals surface area contributed by atoms with E-state index < -0.39 is 5.54 Å². The van der Waals surface area contributed by atoms with Crippen molar-refractivity contribution in [2.45, 2.75) is 51.5 Å². The van der Waals surface area contributed by atoms with E-state index in [9.17, 15) is 4.79 Å². The van der Waals surface area contributed by atoms with Gasteiger partial charge in [0.25, 0.3) is 0 Å². The smallest absolute Gasteiger partial charge is 0.235 e. The van der Waals surface area contributed by atoms with E-state index in [1.807, 2.05) is 6.92 Å². The molecular formula is C16H21NO2. The normalized spacial score (nSPS) is 16.7. The van der Waals surface area contributed by atoms with Gasteiger partial charge in [0, 0.05) is 5.56 Å². The molecule has 1 aromatic carbocycles. The predicted octanol–water partition coefficient (Wildman–Crippen LogP) is 3.63. The molecule has 1 saturated carbocycles. The minimum atomic E-state index is -0.390. The number of hydrogen-bond acceptors (Lipinski definition) is 3. The molecule has 1 fully saturated rings. The summed E-state index contributed by atoms with van der Waals surface area (Å²) in [6.45, 7) is 8.52. The van der Waals surface area contributed by atoms with E-state index >= 15 is 0 Å². The van der Waals surface area contributed by atoms with Crippen molar-refractivity contribution in [3.05, 3.63) is 28.8 Å². The summed E-state index contributed by atoms with van der Waals surface area (Å²) in [5.74, 6) is 0.879. The summed E-state index contributed by atoms with van der Waals surface area (Å²) >= 11 is 0. The number of benzene rings is 1. The Morgan fingerprint density at radius 3 is 2.37 bits per heavy atom. The Hall–Kier alpha value is -1.60. The van der Waals surface area contributed by atoms with E-state index in [2.05, 4.69) is 37.9 Å². The third-order valence-corrected chi connectivity index (χ3v) is 3.83. The first-order valence-corrected chi connectivity index (χ1v) is 6.63. The van der Waals surface area contributed by atoms with Gasteiger partial charge < -0.3 is 4.74 Å². The molecule has 0 aromatic heterocycles. The van der Waals surface area contributed by atoms with Crippen molar-refractivity contribution in [2.75, 3.05) is 7.11 Å². The van der Waals surface area contributed by atoms with Crippen LogP contribution in [0.1, 0.15) is 50.3 Å². The second kappa shape index (κ2) is 4.50. The molecule has 0 atom stereocenters. The highest BCUT2D eigenvalue weighted by molar-refractivity contribution is 5.56. The van der Waals surface area contributed by atoms with E-state index in [1.165, 1.54) is 0 Å². The molecular weight excluding hydrogens is 238 g/mol. The number of methoxy groups -OCH3 is 1. The molecule has 0 radical (unpaired) electrons. The van der Waals surface area contributed by atoms with Gasteiger partial charge in [-0.25, -0.2) is 4.79 Å². The number of nitrogens with zero attached hydrogens (tertiary/aromatic N) is 1. The van der Waals surface area contributed by atoms with Gasteiger partial charge in [0.05, 0.1) is 7.11 Å². The van der Waals surface area contributed by atoms with Gasteiger partial charge in [0.1, 0.15) is 11.3 Å². The zero-order chi connectivity index (χ0) is 14.3. The summed E-state index contributed by atoms with van der Waals surface area (Å²) in [4.78, 5) is 14.7. The standard InChI is InChI=1S/C16H21NO2/c1-11-6-7-12(15(2,3)4)14(19-5)13(11)16(8-9-16)17-10-18/h6-7H,8-9H2,1-5H3. The zero-order valence-corrected chi connectivity index (χ0v) is 12.3. The largest absolute Gasteiger partial charge is 0.496 e. The summed E-state index contributed by atoms with van der Waals surface area (Å²) < 4.78 is 5.67. The van der Waals surface area contributed by atoms with Gasteiger partial charge in [0.2, 0.25) is 6.08 Å². The van der Waals surface area contributed by atoms with E-state index in [-0.39, 0.29) is 5.41 Å². The molecule has 0 aliphatic heterocycles. The zero-order valence-electron chi connectivity index (χ0n) is 12.3. The highest BCUT2D eigenvalue weighted by Gasteiger charge is 2.48. The fourth-order valence-electron chi connectivity index (χ4n) is 2.69. The van der Waals surface area contributed by atoms with Gasteiger partial charge in [-0.15, -0.1) is 0 Å². The summed E-state index contributed by atoms with van der Waals surface area (Å²) in [7, 11) is 1.69. The van der Waals surface area contributed by atoms with Crippen molar-refractivity contribution in [3.8, 4) is 5.75 Å². The molecule has 19 heavy (non-hydrogen) atoms. The molecule has 1 aromatic rings. The lowest BCUT2D eigenvalue weighted by atomic mass is 9.82. The molecule has 1 aliphatic rings.